The van der Waals surface area contributed by atoms with Gasteiger partial charge in [0.25, 0.3) is 0 Å². The van der Waals surface area contributed by atoms with Gasteiger partial charge >= 0.3 is 0 Å². The van der Waals surface area contributed by atoms with Gasteiger partial charge in [-0.05, 0) is 18.4 Å². The SMILES string of the molecule is COc1ccc(-c2cc(N)n(C)n2)c(OC)c1SC. The standard InChI is InChI=1S/C13H17N3O2S/c1-16-11(14)7-9(15-16)8-5-6-10(17-2)13(19-4)12(8)18-3/h5-7H,14H2,1-4H3. The molecule has 0 bridgehead atoms. The van der Waals surface area contributed by atoms with Crippen LogP contribution in [0.3, 0.4) is 0 Å². The van der Waals surface area contributed by atoms with Gasteiger partial charge in [-0.1, -0.05) is 0 Å². The maximum atomic E-state index is 5.83. The molecule has 0 spiro atoms. The summed E-state index contributed by atoms with van der Waals surface area (Å²) in [6, 6.07) is 5.67. The fraction of sp³-hybridized carbons (Fsp3) is 0.308. The average molecular weight is 279 g/mol. The zero-order valence-corrected chi connectivity index (χ0v) is 12.2. The van der Waals surface area contributed by atoms with Crippen LogP contribution in [0, 0.1) is 0 Å². The van der Waals surface area contributed by atoms with Gasteiger partial charge < -0.3 is 15.2 Å². The number of nitrogens with two attached hydrogens (primary N) is 1. The number of hydrogen-bond donors (Lipinski definition) is 1. The first-order valence-corrected chi connectivity index (χ1v) is 6.93. The van der Waals surface area contributed by atoms with Crippen LogP contribution >= 0.6 is 11.8 Å². The van der Waals surface area contributed by atoms with Crippen molar-refractivity contribution in [3.05, 3.63) is 18.2 Å². The van der Waals surface area contributed by atoms with E-state index in [-0.39, 0.29) is 0 Å². The molecule has 1 heterocycles. The average Bonchev–Trinajstić information content (AvgIpc) is 2.76. The molecule has 2 N–H and O–H groups in total. The Morgan fingerprint density at radius 2 is 2.00 bits per heavy atom. The molecular formula is C13H17N3O2S. The first-order chi connectivity index (χ1) is 9.12. The topological polar surface area (TPSA) is 62.3 Å². The Hall–Kier alpha value is -1.82. The summed E-state index contributed by atoms with van der Waals surface area (Å²) in [4.78, 5) is 0.951. The predicted molar refractivity (Wildman–Crippen MR) is 77.9 cm³/mol. The zero-order valence-electron chi connectivity index (χ0n) is 11.4. The summed E-state index contributed by atoms with van der Waals surface area (Å²) in [7, 11) is 5.10. The van der Waals surface area contributed by atoms with Crippen molar-refractivity contribution in [3.63, 3.8) is 0 Å². The predicted octanol–water partition coefficient (Wildman–Crippen LogP) is 2.41. The number of ether oxygens (including phenoxy) is 2. The van der Waals surface area contributed by atoms with Crippen LogP contribution in [-0.4, -0.2) is 30.3 Å². The Kier molecular flexibility index (Phi) is 3.90. The maximum Gasteiger partial charge on any atom is 0.145 e. The molecule has 0 unspecified atom stereocenters. The third-order valence-electron chi connectivity index (χ3n) is 2.90. The minimum absolute atomic E-state index is 0.610. The largest absolute Gasteiger partial charge is 0.495 e. The normalized spacial score (nSPS) is 10.5. The Morgan fingerprint density at radius 3 is 2.47 bits per heavy atom. The second-order valence-corrected chi connectivity index (χ2v) is 4.78. The van der Waals surface area contributed by atoms with Crippen LogP contribution in [0.1, 0.15) is 0 Å². The molecule has 2 rings (SSSR count). The second-order valence-electron chi connectivity index (χ2n) is 3.96. The van der Waals surface area contributed by atoms with Gasteiger partial charge in [0, 0.05) is 18.7 Å². The van der Waals surface area contributed by atoms with E-state index in [4.69, 9.17) is 15.2 Å². The molecule has 0 aliphatic rings. The molecule has 0 aliphatic carbocycles. The van der Waals surface area contributed by atoms with E-state index in [0.29, 0.717) is 5.82 Å². The van der Waals surface area contributed by atoms with E-state index >= 15 is 0 Å². The van der Waals surface area contributed by atoms with E-state index < -0.39 is 0 Å². The summed E-state index contributed by atoms with van der Waals surface area (Å²) in [5.74, 6) is 2.15. The third kappa shape index (κ3) is 2.35. The van der Waals surface area contributed by atoms with Crippen molar-refractivity contribution in [1.29, 1.82) is 0 Å². The highest BCUT2D eigenvalue weighted by Gasteiger charge is 2.17. The van der Waals surface area contributed by atoms with Crippen molar-refractivity contribution in [2.45, 2.75) is 4.90 Å². The number of thioether (sulfide) groups is 1. The van der Waals surface area contributed by atoms with E-state index in [1.54, 1.807) is 30.7 Å². The van der Waals surface area contributed by atoms with Gasteiger partial charge in [-0.3, -0.25) is 4.68 Å². The first-order valence-electron chi connectivity index (χ1n) is 5.71. The van der Waals surface area contributed by atoms with Crippen LogP contribution in [0.25, 0.3) is 11.3 Å². The molecule has 0 radical (unpaired) electrons. The molecule has 1 aromatic carbocycles. The van der Waals surface area contributed by atoms with E-state index in [1.807, 2.05) is 31.5 Å². The zero-order chi connectivity index (χ0) is 14.0. The third-order valence-corrected chi connectivity index (χ3v) is 3.69. The molecule has 0 fully saturated rings. The molecule has 19 heavy (non-hydrogen) atoms. The smallest absolute Gasteiger partial charge is 0.145 e. The molecule has 5 nitrogen and oxygen atoms in total. The van der Waals surface area contributed by atoms with Gasteiger partial charge in [-0.2, -0.15) is 5.10 Å². The van der Waals surface area contributed by atoms with Crippen molar-refractivity contribution in [3.8, 4) is 22.8 Å². The summed E-state index contributed by atoms with van der Waals surface area (Å²) in [5, 5.41) is 4.38. The number of rotatable bonds is 4. The lowest BCUT2D eigenvalue weighted by Crippen LogP contribution is -1.97. The fourth-order valence-electron chi connectivity index (χ4n) is 1.92. The van der Waals surface area contributed by atoms with Crippen LogP contribution < -0.4 is 15.2 Å². The molecule has 6 heteroatoms. The van der Waals surface area contributed by atoms with Crippen LogP contribution in [0.15, 0.2) is 23.1 Å². The summed E-state index contributed by atoms with van der Waals surface area (Å²) in [6.07, 6.45) is 1.98. The molecule has 1 aromatic heterocycles. The van der Waals surface area contributed by atoms with E-state index in [2.05, 4.69) is 5.10 Å². The van der Waals surface area contributed by atoms with Crippen molar-refractivity contribution < 1.29 is 9.47 Å². The fourth-order valence-corrected chi connectivity index (χ4v) is 2.65. The minimum atomic E-state index is 0.610. The van der Waals surface area contributed by atoms with Gasteiger partial charge in [0.2, 0.25) is 0 Å². The summed E-state index contributed by atoms with van der Waals surface area (Å²) in [6.45, 7) is 0. The molecule has 0 atom stereocenters. The molecule has 0 saturated carbocycles. The van der Waals surface area contributed by atoms with E-state index in [9.17, 15) is 0 Å². The molecule has 0 aliphatic heterocycles. The monoisotopic (exact) mass is 279 g/mol. The Morgan fingerprint density at radius 1 is 1.26 bits per heavy atom. The molecule has 2 aromatic rings. The van der Waals surface area contributed by atoms with Crippen LogP contribution in [-0.2, 0) is 7.05 Å². The highest BCUT2D eigenvalue weighted by Crippen LogP contribution is 2.43. The molecule has 0 amide bonds. The number of methoxy groups -OCH3 is 2. The number of anilines is 1. The number of aromatic nitrogens is 2. The molecular weight excluding hydrogens is 262 g/mol. The van der Waals surface area contributed by atoms with Gasteiger partial charge in [0.15, 0.2) is 0 Å². The highest BCUT2D eigenvalue weighted by molar-refractivity contribution is 7.98. The maximum absolute atomic E-state index is 5.83. The summed E-state index contributed by atoms with van der Waals surface area (Å²) >= 11 is 1.58. The van der Waals surface area contributed by atoms with Gasteiger partial charge in [0.1, 0.15) is 17.3 Å². The summed E-state index contributed by atoms with van der Waals surface area (Å²) < 4.78 is 12.5. The number of aryl methyl sites for hydroxylation is 1. The number of nitrogens with zero attached hydrogens (tertiary/aromatic N) is 2. The lowest BCUT2D eigenvalue weighted by molar-refractivity contribution is 0.377. The van der Waals surface area contributed by atoms with Gasteiger partial charge in [-0.15, -0.1) is 11.8 Å². The number of benzene rings is 1. The highest BCUT2D eigenvalue weighted by atomic mass is 32.2. The Balaban J connectivity index is 2.63. The van der Waals surface area contributed by atoms with Crippen molar-refractivity contribution >= 4 is 17.6 Å². The summed E-state index contributed by atoms with van der Waals surface area (Å²) in [5.41, 5.74) is 7.52. The lowest BCUT2D eigenvalue weighted by Gasteiger charge is -2.14. The molecule has 102 valence electrons. The van der Waals surface area contributed by atoms with Crippen molar-refractivity contribution in [1.82, 2.24) is 9.78 Å². The Bertz CT molecular complexity index is 576. The van der Waals surface area contributed by atoms with Crippen LogP contribution in [0.5, 0.6) is 11.5 Å². The quantitative estimate of drug-likeness (QED) is 0.871. The minimum Gasteiger partial charge on any atom is -0.495 e. The molecule has 0 saturated heterocycles. The lowest BCUT2D eigenvalue weighted by atomic mass is 10.1. The van der Waals surface area contributed by atoms with Crippen LogP contribution in [0.4, 0.5) is 5.82 Å². The second kappa shape index (κ2) is 5.44. The Labute approximate surface area is 116 Å². The van der Waals surface area contributed by atoms with Crippen LogP contribution in [0.2, 0.25) is 0 Å². The van der Waals surface area contributed by atoms with Crippen molar-refractivity contribution in [2.75, 3.05) is 26.2 Å². The first kappa shape index (κ1) is 13.6. The number of nitrogen functional groups attached to an aromatic ring is 1. The van der Waals surface area contributed by atoms with Crippen molar-refractivity contribution in [2.24, 2.45) is 7.05 Å². The van der Waals surface area contributed by atoms with Gasteiger partial charge in [-0.25, -0.2) is 0 Å². The van der Waals surface area contributed by atoms with E-state index in [0.717, 1.165) is 27.7 Å². The van der Waals surface area contributed by atoms with Gasteiger partial charge in [0.05, 0.1) is 24.8 Å². The van der Waals surface area contributed by atoms with E-state index in [1.165, 1.54) is 0 Å². The number of hydrogen-bond acceptors (Lipinski definition) is 5.